The zero-order valence-corrected chi connectivity index (χ0v) is 17.3. The van der Waals surface area contributed by atoms with Crippen molar-refractivity contribution in [1.29, 1.82) is 0 Å². The lowest BCUT2D eigenvalue weighted by molar-refractivity contribution is -0.127. The number of hydrogen-bond donors (Lipinski definition) is 1. The number of piperidine rings is 2. The minimum Gasteiger partial charge on any atom is -0.352 e. The quantitative estimate of drug-likeness (QED) is 0.807. The molecule has 156 valence electrons. The molecule has 0 unspecified atom stereocenters. The van der Waals surface area contributed by atoms with Crippen molar-refractivity contribution in [3.8, 4) is 0 Å². The first-order valence-corrected chi connectivity index (χ1v) is 10.8. The van der Waals surface area contributed by atoms with Crippen molar-refractivity contribution in [2.75, 3.05) is 26.2 Å². The van der Waals surface area contributed by atoms with Gasteiger partial charge in [0.25, 0.3) is 0 Å². The number of pyridine rings is 1. The summed E-state index contributed by atoms with van der Waals surface area (Å²) in [5, 5.41) is 7.38. The normalized spacial score (nSPS) is 21.9. The van der Waals surface area contributed by atoms with E-state index in [0.717, 1.165) is 51.1 Å². The Bertz CT molecular complexity index is 784. The maximum Gasteiger partial charge on any atom is 0.224 e. The lowest BCUT2D eigenvalue weighted by Gasteiger charge is -2.42. The van der Waals surface area contributed by atoms with E-state index in [1.165, 1.54) is 18.4 Å². The molecule has 2 saturated heterocycles. The van der Waals surface area contributed by atoms with E-state index in [-0.39, 0.29) is 11.8 Å². The number of carbonyl (C=O) groups is 1. The summed E-state index contributed by atoms with van der Waals surface area (Å²) in [5.74, 6) is 0.293. The number of nitrogens with one attached hydrogen (secondary N) is 1. The first kappa shape index (κ1) is 20.0. The molecule has 2 fully saturated rings. The Kier molecular flexibility index (Phi) is 6.56. The van der Waals surface area contributed by atoms with Gasteiger partial charge in [-0.25, -0.2) is 0 Å². The van der Waals surface area contributed by atoms with Gasteiger partial charge in [0.1, 0.15) is 0 Å². The second-order valence-corrected chi connectivity index (χ2v) is 8.44. The van der Waals surface area contributed by atoms with Gasteiger partial charge in [-0.1, -0.05) is 6.07 Å². The van der Waals surface area contributed by atoms with Crippen LogP contribution in [0.2, 0.25) is 0 Å². The topological polar surface area (TPSA) is 66.3 Å². The lowest BCUT2D eigenvalue weighted by atomic mass is 9.93. The van der Waals surface area contributed by atoms with Crippen LogP contribution in [0.15, 0.2) is 36.9 Å². The third-order valence-corrected chi connectivity index (χ3v) is 6.25. The Morgan fingerprint density at radius 1 is 1.17 bits per heavy atom. The number of aryl methyl sites for hydroxylation is 1. The van der Waals surface area contributed by atoms with Crippen LogP contribution >= 0.6 is 0 Å². The van der Waals surface area contributed by atoms with Crippen molar-refractivity contribution < 1.29 is 4.79 Å². The molecule has 0 spiro atoms. The number of nitrogens with zero attached hydrogens (tertiary/aromatic N) is 5. The standard InChI is InChI=1S/C22H32N6O/c1-26-15-19(14-25-26)16-27-10-6-21(7-11-27)28-9-3-5-20(17-28)22(29)24-13-18-4-2-8-23-12-18/h2,4,8,12,14-15,20-21H,3,5-7,9-11,13,16-17H2,1H3,(H,24,29)/t20-/m1/s1. The summed E-state index contributed by atoms with van der Waals surface area (Å²) in [4.78, 5) is 21.9. The van der Waals surface area contributed by atoms with Gasteiger partial charge >= 0.3 is 0 Å². The fourth-order valence-corrected chi connectivity index (χ4v) is 4.64. The molecule has 4 rings (SSSR count). The van der Waals surface area contributed by atoms with Crippen molar-refractivity contribution in [3.05, 3.63) is 48.0 Å². The lowest BCUT2D eigenvalue weighted by Crippen LogP contribution is -2.50. The van der Waals surface area contributed by atoms with Crippen molar-refractivity contribution in [2.24, 2.45) is 13.0 Å². The summed E-state index contributed by atoms with van der Waals surface area (Å²) in [5.41, 5.74) is 2.34. The number of carbonyl (C=O) groups excluding carboxylic acids is 1. The van der Waals surface area contributed by atoms with Gasteiger partial charge in [0.2, 0.25) is 5.91 Å². The van der Waals surface area contributed by atoms with Gasteiger partial charge in [0.05, 0.1) is 12.1 Å². The molecule has 2 aliphatic heterocycles. The fourth-order valence-electron chi connectivity index (χ4n) is 4.64. The van der Waals surface area contributed by atoms with Crippen LogP contribution < -0.4 is 5.32 Å². The highest BCUT2D eigenvalue weighted by atomic mass is 16.1. The molecule has 1 atom stereocenters. The number of likely N-dealkylation sites (tertiary alicyclic amines) is 2. The smallest absolute Gasteiger partial charge is 0.224 e. The molecule has 7 heteroatoms. The average molecular weight is 397 g/mol. The van der Waals surface area contributed by atoms with E-state index in [4.69, 9.17) is 0 Å². The summed E-state index contributed by atoms with van der Waals surface area (Å²) >= 11 is 0. The number of rotatable bonds is 6. The van der Waals surface area contributed by atoms with Crippen molar-refractivity contribution in [2.45, 2.75) is 44.8 Å². The van der Waals surface area contributed by atoms with E-state index in [1.807, 2.05) is 36.3 Å². The van der Waals surface area contributed by atoms with Crippen LogP contribution in [0, 0.1) is 5.92 Å². The van der Waals surface area contributed by atoms with Crippen LogP contribution in [0.1, 0.15) is 36.8 Å². The molecule has 2 aliphatic rings. The van der Waals surface area contributed by atoms with Crippen LogP contribution in [-0.4, -0.2) is 62.7 Å². The van der Waals surface area contributed by atoms with Gasteiger partial charge in [-0.2, -0.15) is 5.10 Å². The van der Waals surface area contributed by atoms with Gasteiger partial charge in [0, 0.05) is 56.9 Å². The Morgan fingerprint density at radius 2 is 2.03 bits per heavy atom. The Balaban J connectivity index is 1.23. The predicted molar refractivity (Wildman–Crippen MR) is 112 cm³/mol. The maximum absolute atomic E-state index is 12.7. The van der Waals surface area contributed by atoms with Crippen LogP contribution in [0.4, 0.5) is 0 Å². The number of aromatic nitrogens is 3. The van der Waals surface area contributed by atoms with Gasteiger partial charge in [-0.3, -0.25) is 24.3 Å². The van der Waals surface area contributed by atoms with E-state index < -0.39 is 0 Å². The molecule has 1 amide bonds. The molecule has 4 heterocycles. The summed E-state index contributed by atoms with van der Waals surface area (Å²) in [6, 6.07) is 4.51. The van der Waals surface area contributed by atoms with Crippen molar-refractivity contribution >= 4 is 5.91 Å². The predicted octanol–water partition coefficient (Wildman–Crippen LogP) is 1.81. The summed E-state index contributed by atoms with van der Waals surface area (Å²) in [6.07, 6.45) is 12.1. The summed E-state index contributed by atoms with van der Waals surface area (Å²) in [6.45, 7) is 5.81. The average Bonchev–Trinajstić information content (AvgIpc) is 3.18. The Labute approximate surface area is 173 Å². The zero-order valence-electron chi connectivity index (χ0n) is 17.3. The monoisotopic (exact) mass is 396 g/mol. The van der Waals surface area contributed by atoms with E-state index in [0.29, 0.717) is 12.6 Å². The van der Waals surface area contributed by atoms with Crippen molar-refractivity contribution in [1.82, 2.24) is 29.9 Å². The fraction of sp³-hybridized carbons (Fsp3) is 0.591. The van der Waals surface area contributed by atoms with E-state index >= 15 is 0 Å². The van der Waals surface area contributed by atoms with E-state index in [2.05, 4.69) is 31.4 Å². The molecule has 0 aromatic carbocycles. The van der Waals surface area contributed by atoms with Crippen molar-refractivity contribution in [3.63, 3.8) is 0 Å². The highest BCUT2D eigenvalue weighted by Gasteiger charge is 2.31. The molecular weight excluding hydrogens is 364 g/mol. The largest absolute Gasteiger partial charge is 0.352 e. The van der Waals surface area contributed by atoms with Gasteiger partial charge in [-0.15, -0.1) is 0 Å². The minimum atomic E-state index is 0.105. The highest BCUT2D eigenvalue weighted by Crippen LogP contribution is 2.24. The summed E-state index contributed by atoms with van der Waals surface area (Å²) < 4.78 is 1.87. The minimum absolute atomic E-state index is 0.105. The Morgan fingerprint density at radius 3 is 2.76 bits per heavy atom. The third-order valence-electron chi connectivity index (χ3n) is 6.25. The van der Waals surface area contributed by atoms with Gasteiger partial charge in [-0.05, 0) is 56.9 Å². The van der Waals surface area contributed by atoms with E-state index in [1.54, 1.807) is 6.20 Å². The van der Waals surface area contributed by atoms with Gasteiger partial charge < -0.3 is 5.32 Å². The molecular formula is C22H32N6O. The molecule has 0 saturated carbocycles. The number of hydrogen-bond acceptors (Lipinski definition) is 5. The van der Waals surface area contributed by atoms with Crippen LogP contribution in [0.5, 0.6) is 0 Å². The molecule has 0 bridgehead atoms. The third kappa shape index (κ3) is 5.42. The van der Waals surface area contributed by atoms with E-state index in [9.17, 15) is 4.79 Å². The molecule has 7 nitrogen and oxygen atoms in total. The Hall–Kier alpha value is -2.25. The van der Waals surface area contributed by atoms with Crippen LogP contribution in [0.3, 0.4) is 0 Å². The zero-order chi connectivity index (χ0) is 20.1. The van der Waals surface area contributed by atoms with Crippen LogP contribution in [-0.2, 0) is 24.9 Å². The second kappa shape index (κ2) is 9.50. The highest BCUT2D eigenvalue weighted by molar-refractivity contribution is 5.78. The maximum atomic E-state index is 12.7. The molecule has 2 aromatic rings. The molecule has 0 radical (unpaired) electrons. The molecule has 2 aromatic heterocycles. The second-order valence-electron chi connectivity index (χ2n) is 8.44. The molecule has 29 heavy (non-hydrogen) atoms. The SMILES string of the molecule is Cn1cc(CN2CCC(N3CCC[C@@H](C(=O)NCc4cccnc4)C3)CC2)cn1. The first-order chi connectivity index (χ1) is 14.2. The molecule has 1 N–H and O–H groups in total. The summed E-state index contributed by atoms with van der Waals surface area (Å²) in [7, 11) is 1.97. The number of amides is 1. The molecule has 0 aliphatic carbocycles. The van der Waals surface area contributed by atoms with Crippen LogP contribution in [0.25, 0.3) is 0 Å². The first-order valence-electron chi connectivity index (χ1n) is 10.8. The van der Waals surface area contributed by atoms with Gasteiger partial charge in [0.15, 0.2) is 0 Å².